The van der Waals surface area contributed by atoms with Crippen LogP contribution >= 0.6 is 0 Å². The van der Waals surface area contributed by atoms with Crippen molar-refractivity contribution in [1.82, 2.24) is 4.48 Å². The molecule has 2 heteroatoms. The van der Waals surface area contributed by atoms with Gasteiger partial charge in [-0.25, -0.2) is 0 Å². The van der Waals surface area contributed by atoms with Crippen LogP contribution in [0.15, 0.2) is 84.7 Å². The van der Waals surface area contributed by atoms with Gasteiger partial charge in [-0.2, -0.15) is 0 Å². The molecule has 0 spiro atoms. The van der Waals surface area contributed by atoms with Crippen LogP contribution in [0.5, 0.6) is 0 Å². The number of likely N-dealkylation sites (N-methyl/N-ethyl adjacent to an activating group) is 1. The second-order valence-electron chi connectivity index (χ2n) is 6.99. The first-order valence-electron chi connectivity index (χ1n) is 8.65. The minimum Gasteiger partial charge on any atom is -0.361 e. The highest BCUT2D eigenvalue weighted by Gasteiger charge is 2.37. The Morgan fingerprint density at radius 3 is 2.36 bits per heavy atom. The summed E-state index contributed by atoms with van der Waals surface area (Å²) in [6, 6.07) is 23.4. The molecule has 0 saturated heterocycles. The summed E-state index contributed by atoms with van der Waals surface area (Å²) in [4.78, 5) is 0. The number of benzene rings is 3. The van der Waals surface area contributed by atoms with Crippen LogP contribution in [0.3, 0.4) is 0 Å². The maximum absolute atomic E-state index is 3.37. The fraction of sp³-hybridized carbons (Fsp3) is 0.130. The van der Waals surface area contributed by atoms with E-state index in [-0.39, 0.29) is 0 Å². The van der Waals surface area contributed by atoms with E-state index in [0.717, 1.165) is 10.2 Å². The topological polar surface area (TPSA) is 12.0 Å². The van der Waals surface area contributed by atoms with Gasteiger partial charge in [0.1, 0.15) is 11.4 Å². The molecule has 0 bridgehead atoms. The van der Waals surface area contributed by atoms with Crippen LogP contribution in [0.1, 0.15) is 12.5 Å². The van der Waals surface area contributed by atoms with Crippen molar-refractivity contribution in [3.8, 4) is 0 Å². The Morgan fingerprint density at radius 1 is 0.840 bits per heavy atom. The third kappa shape index (κ3) is 2.55. The number of nitrogens with zero attached hydrogens (tertiary/aromatic N) is 1. The SMILES string of the molecule is CC1=C(/C=C/Nc2ccccc2)[N+](C)(C)c2ccc3ccccc3c21. The number of para-hydroxylation sites is 1. The summed E-state index contributed by atoms with van der Waals surface area (Å²) in [7, 11) is 4.51. The number of anilines is 1. The minimum atomic E-state index is 0.763. The lowest BCUT2D eigenvalue weighted by Crippen LogP contribution is -2.36. The van der Waals surface area contributed by atoms with Crippen molar-refractivity contribution in [3.05, 3.63) is 90.3 Å². The van der Waals surface area contributed by atoms with Crippen LogP contribution in [0.25, 0.3) is 16.3 Å². The van der Waals surface area contributed by atoms with Gasteiger partial charge in [0.05, 0.1) is 19.7 Å². The van der Waals surface area contributed by atoms with E-state index in [1.54, 1.807) is 0 Å². The molecule has 1 N–H and O–H groups in total. The summed E-state index contributed by atoms with van der Waals surface area (Å²) in [6.07, 6.45) is 4.25. The monoisotopic (exact) mass is 327 g/mol. The largest absolute Gasteiger partial charge is 0.361 e. The third-order valence-electron chi connectivity index (χ3n) is 5.14. The molecular weight excluding hydrogens is 304 g/mol. The summed E-state index contributed by atoms with van der Waals surface area (Å²) in [5.74, 6) is 0. The Balaban J connectivity index is 1.77. The van der Waals surface area contributed by atoms with Crippen LogP contribution in [0.2, 0.25) is 0 Å². The van der Waals surface area contributed by atoms with Crippen LogP contribution in [-0.2, 0) is 0 Å². The van der Waals surface area contributed by atoms with E-state index in [1.165, 1.54) is 33.3 Å². The molecule has 0 aliphatic carbocycles. The number of nitrogens with one attached hydrogen (secondary N) is 1. The Bertz CT molecular complexity index is 995. The molecule has 1 heterocycles. The number of hydrogen-bond donors (Lipinski definition) is 1. The predicted molar refractivity (Wildman–Crippen MR) is 109 cm³/mol. The van der Waals surface area contributed by atoms with E-state index < -0.39 is 0 Å². The molecule has 0 fully saturated rings. The third-order valence-corrected chi connectivity index (χ3v) is 5.14. The van der Waals surface area contributed by atoms with Gasteiger partial charge in [0, 0.05) is 29.6 Å². The highest BCUT2D eigenvalue weighted by atomic mass is 15.3. The van der Waals surface area contributed by atoms with Crippen molar-refractivity contribution in [2.24, 2.45) is 0 Å². The standard InChI is InChI=1S/C23H23N2/c1-17-21(15-16-24-19-10-5-4-6-11-19)25(2,3)22-14-13-18-9-7-8-12-20(18)23(17)22/h4-16,24H,1-3H3/q+1/b16-15+. The zero-order valence-electron chi connectivity index (χ0n) is 15.0. The van der Waals surface area contributed by atoms with Gasteiger partial charge in [-0.15, -0.1) is 0 Å². The van der Waals surface area contributed by atoms with Crippen LogP contribution in [0.4, 0.5) is 11.4 Å². The van der Waals surface area contributed by atoms with Gasteiger partial charge >= 0.3 is 0 Å². The molecule has 0 radical (unpaired) electrons. The maximum atomic E-state index is 3.37. The molecule has 0 aromatic heterocycles. The van der Waals surface area contributed by atoms with Gasteiger partial charge in [-0.3, -0.25) is 4.48 Å². The second-order valence-corrected chi connectivity index (χ2v) is 6.99. The molecule has 0 saturated carbocycles. The van der Waals surface area contributed by atoms with E-state index in [4.69, 9.17) is 0 Å². The van der Waals surface area contributed by atoms with Crippen LogP contribution in [0, 0.1) is 0 Å². The Hall–Kier alpha value is -2.84. The average Bonchev–Trinajstić information content (AvgIpc) is 2.83. The molecular formula is C23H23N2+. The van der Waals surface area contributed by atoms with Gasteiger partial charge in [0.2, 0.25) is 0 Å². The van der Waals surface area contributed by atoms with E-state index >= 15 is 0 Å². The fourth-order valence-electron chi connectivity index (χ4n) is 3.86. The molecule has 3 aromatic rings. The smallest absolute Gasteiger partial charge is 0.145 e. The molecule has 4 rings (SSSR count). The quantitative estimate of drug-likeness (QED) is 0.602. The predicted octanol–water partition coefficient (Wildman–Crippen LogP) is 5.78. The van der Waals surface area contributed by atoms with Gasteiger partial charge in [0.15, 0.2) is 0 Å². The van der Waals surface area contributed by atoms with Gasteiger partial charge in [-0.05, 0) is 35.9 Å². The molecule has 25 heavy (non-hydrogen) atoms. The Morgan fingerprint density at radius 2 is 1.56 bits per heavy atom. The number of quaternary nitrogens is 1. The first-order chi connectivity index (χ1) is 12.1. The minimum absolute atomic E-state index is 0.763. The first-order valence-corrected chi connectivity index (χ1v) is 8.65. The Kier molecular flexibility index (Phi) is 3.70. The summed E-state index contributed by atoms with van der Waals surface area (Å²) >= 11 is 0. The number of fused-ring (bicyclic) bond motifs is 3. The highest BCUT2D eigenvalue weighted by molar-refractivity contribution is 6.02. The molecule has 1 aliphatic rings. The van der Waals surface area contributed by atoms with Gasteiger partial charge in [-0.1, -0.05) is 42.5 Å². The van der Waals surface area contributed by atoms with Crippen molar-refractivity contribution in [1.29, 1.82) is 0 Å². The summed E-state index contributed by atoms with van der Waals surface area (Å²) in [6.45, 7) is 2.24. The summed E-state index contributed by atoms with van der Waals surface area (Å²) in [5.41, 5.74) is 6.50. The number of hydrogen-bond acceptors (Lipinski definition) is 1. The maximum Gasteiger partial charge on any atom is 0.145 e. The Labute approximate surface area is 149 Å². The summed E-state index contributed by atoms with van der Waals surface area (Å²) in [5, 5.41) is 6.00. The molecule has 2 nitrogen and oxygen atoms in total. The zero-order valence-corrected chi connectivity index (χ0v) is 15.0. The average molecular weight is 327 g/mol. The second kappa shape index (κ2) is 5.91. The molecule has 0 atom stereocenters. The van der Waals surface area contributed by atoms with Gasteiger partial charge in [0.25, 0.3) is 0 Å². The number of allylic oxidation sites excluding steroid dienone is 2. The molecule has 3 aromatic carbocycles. The molecule has 1 aliphatic heterocycles. The van der Waals surface area contributed by atoms with Crippen molar-refractivity contribution < 1.29 is 0 Å². The normalized spacial score (nSPS) is 15.8. The zero-order chi connectivity index (χ0) is 17.4. The first kappa shape index (κ1) is 15.7. The van der Waals surface area contributed by atoms with Crippen LogP contribution in [-0.4, -0.2) is 14.1 Å². The van der Waals surface area contributed by atoms with E-state index in [1.807, 2.05) is 24.4 Å². The lowest BCUT2D eigenvalue weighted by molar-refractivity contribution is 0.521. The van der Waals surface area contributed by atoms with Crippen molar-refractivity contribution in [2.75, 3.05) is 19.4 Å². The number of rotatable bonds is 3. The van der Waals surface area contributed by atoms with Crippen molar-refractivity contribution in [2.45, 2.75) is 6.92 Å². The van der Waals surface area contributed by atoms with E-state index in [0.29, 0.717) is 0 Å². The summed E-state index contributed by atoms with van der Waals surface area (Å²) < 4.78 is 0.763. The fourth-order valence-corrected chi connectivity index (χ4v) is 3.86. The molecule has 124 valence electrons. The molecule has 0 amide bonds. The lowest BCUT2D eigenvalue weighted by Gasteiger charge is -2.26. The molecule has 0 unspecified atom stereocenters. The van der Waals surface area contributed by atoms with Crippen molar-refractivity contribution >= 4 is 27.7 Å². The van der Waals surface area contributed by atoms with Crippen LogP contribution < -0.4 is 9.80 Å². The van der Waals surface area contributed by atoms with E-state index in [9.17, 15) is 0 Å². The van der Waals surface area contributed by atoms with Crippen molar-refractivity contribution in [3.63, 3.8) is 0 Å². The van der Waals surface area contributed by atoms with E-state index in [2.05, 4.69) is 80.9 Å². The lowest BCUT2D eigenvalue weighted by atomic mass is 9.99. The van der Waals surface area contributed by atoms with Gasteiger partial charge < -0.3 is 5.32 Å². The highest BCUT2D eigenvalue weighted by Crippen LogP contribution is 2.46.